The molecule has 2 atom stereocenters. The standard InChI is InChI=1S/C12H17NO.C9H12BrNOS/c1-9-4-6-11(7-5-9)8-12(13-3)10(2)14;1-6(12)8(11-2)5-7-3-4-9(10)13-7/h4-7,12-13H,8H2,1-3H3;3-4,8,11H,5H2,1-2H3. The van der Waals surface area contributed by atoms with E-state index in [-0.39, 0.29) is 23.7 Å². The van der Waals surface area contributed by atoms with Crippen molar-refractivity contribution in [2.45, 2.75) is 45.7 Å². The predicted molar refractivity (Wildman–Crippen MR) is 118 cm³/mol. The number of halogens is 1. The van der Waals surface area contributed by atoms with Gasteiger partial charge in [0, 0.05) is 11.3 Å². The summed E-state index contributed by atoms with van der Waals surface area (Å²) >= 11 is 5.07. The molecule has 0 aliphatic carbocycles. The molecule has 148 valence electrons. The van der Waals surface area contributed by atoms with Gasteiger partial charge in [0.05, 0.1) is 15.9 Å². The molecule has 0 aliphatic rings. The molecule has 0 bridgehead atoms. The number of aryl methyl sites for hydroxylation is 1. The van der Waals surface area contributed by atoms with Gasteiger partial charge in [0.25, 0.3) is 0 Å². The fourth-order valence-electron chi connectivity index (χ4n) is 2.52. The second kappa shape index (κ2) is 12.2. The van der Waals surface area contributed by atoms with Crippen molar-refractivity contribution in [1.82, 2.24) is 10.6 Å². The van der Waals surface area contributed by atoms with Gasteiger partial charge in [0.1, 0.15) is 11.6 Å². The molecule has 27 heavy (non-hydrogen) atoms. The van der Waals surface area contributed by atoms with E-state index in [4.69, 9.17) is 0 Å². The minimum atomic E-state index is -0.0577. The number of likely N-dealkylation sites (N-methyl/N-ethyl adjacent to an activating group) is 2. The van der Waals surface area contributed by atoms with Gasteiger partial charge in [-0.3, -0.25) is 9.59 Å². The predicted octanol–water partition coefficient (Wildman–Crippen LogP) is 3.94. The first-order chi connectivity index (χ1) is 12.8. The Morgan fingerprint density at radius 2 is 1.44 bits per heavy atom. The minimum Gasteiger partial charge on any atom is -0.310 e. The van der Waals surface area contributed by atoms with Gasteiger partial charge >= 0.3 is 0 Å². The van der Waals surface area contributed by atoms with E-state index in [1.54, 1.807) is 25.2 Å². The minimum absolute atomic E-state index is 0.0504. The van der Waals surface area contributed by atoms with Crippen LogP contribution in [0.4, 0.5) is 0 Å². The Morgan fingerprint density at radius 1 is 0.926 bits per heavy atom. The van der Waals surface area contributed by atoms with Gasteiger partial charge in [-0.2, -0.15) is 0 Å². The lowest BCUT2D eigenvalue weighted by molar-refractivity contribution is -0.119. The van der Waals surface area contributed by atoms with Crippen LogP contribution in [0, 0.1) is 6.92 Å². The van der Waals surface area contributed by atoms with E-state index < -0.39 is 0 Å². The zero-order valence-electron chi connectivity index (χ0n) is 16.6. The highest BCUT2D eigenvalue weighted by molar-refractivity contribution is 9.11. The molecular weight excluding hydrogens is 424 g/mol. The SMILES string of the molecule is CNC(Cc1ccc(Br)s1)C(C)=O.CNC(Cc1ccc(C)cc1)C(C)=O. The molecule has 1 heterocycles. The van der Waals surface area contributed by atoms with E-state index in [1.807, 2.05) is 26.2 Å². The molecule has 2 N–H and O–H groups in total. The van der Waals surface area contributed by atoms with Crippen molar-refractivity contribution >= 4 is 38.8 Å². The summed E-state index contributed by atoms with van der Waals surface area (Å²) in [7, 11) is 3.63. The number of carbonyl (C=O) groups excluding carboxylic acids is 2. The average molecular weight is 453 g/mol. The van der Waals surface area contributed by atoms with Crippen molar-refractivity contribution in [3.63, 3.8) is 0 Å². The molecule has 0 amide bonds. The molecule has 0 aliphatic heterocycles. The monoisotopic (exact) mass is 452 g/mol. The number of hydrogen-bond acceptors (Lipinski definition) is 5. The fraction of sp³-hybridized carbons (Fsp3) is 0.429. The van der Waals surface area contributed by atoms with Crippen molar-refractivity contribution in [3.05, 3.63) is 56.2 Å². The van der Waals surface area contributed by atoms with Crippen LogP contribution in [0.3, 0.4) is 0 Å². The number of nitrogens with one attached hydrogen (secondary N) is 2. The second-order valence-corrected chi connectivity index (χ2v) is 9.05. The highest BCUT2D eigenvalue weighted by atomic mass is 79.9. The Hall–Kier alpha value is -1.34. The third-order valence-corrected chi connectivity index (χ3v) is 5.92. The zero-order valence-corrected chi connectivity index (χ0v) is 19.0. The summed E-state index contributed by atoms with van der Waals surface area (Å²) in [5.41, 5.74) is 2.45. The van der Waals surface area contributed by atoms with Crippen molar-refractivity contribution in [2.24, 2.45) is 0 Å². The van der Waals surface area contributed by atoms with Crippen molar-refractivity contribution in [3.8, 4) is 0 Å². The molecule has 1 aromatic carbocycles. The molecule has 6 heteroatoms. The van der Waals surface area contributed by atoms with Crippen LogP contribution in [-0.2, 0) is 22.4 Å². The van der Waals surface area contributed by atoms with Gasteiger partial charge in [-0.15, -0.1) is 11.3 Å². The van der Waals surface area contributed by atoms with E-state index >= 15 is 0 Å². The van der Waals surface area contributed by atoms with Gasteiger partial charge in [0.2, 0.25) is 0 Å². The lowest BCUT2D eigenvalue weighted by Crippen LogP contribution is -2.34. The summed E-state index contributed by atoms with van der Waals surface area (Å²) < 4.78 is 1.11. The van der Waals surface area contributed by atoms with Crippen molar-refractivity contribution in [2.75, 3.05) is 14.1 Å². The maximum Gasteiger partial charge on any atom is 0.147 e. The van der Waals surface area contributed by atoms with Crippen LogP contribution >= 0.6 is 27.3 Å². The summed E-state index contributed by atoms with van der Waals surface area (Å²) in [5.74, 6) is 0.375. The van der Waals surface area contributed by atoms with Gasteiger partial charge in [-0.1, -0.05) is 29.8 Å². The maximum atomic E-state index is 11.2. The smallest absolute Gasteiger partial charge is 0.147 e. The topological polar surface area (TPSA) is 58.2 Å². The molecule has 2 unspecified atom stereocenters. The Balaban J connectivity index is 0.000000271. The number of ketones is 2. The van der Waals surface area contributed by atoms with Crippen LogP contribution in [0.5, 0.6) is 0 Å². The Labute approximate surface area is 174 Å². The maximum absolute atomic E-state index is 11.2. The van der Waals surface area contributed by atoms with Crippen LogP contribution in [-0.4, -0.2) is 37.7 Å². The lowest BCUT2D eigenvalue weighted by atomic mass is 10.0. The molecule has 0 spiro atoms. The average Bonchev–Trinajstić information content (AvgIpc) is 3.04. The molecule has 0 saturated carbocycles. The molecule has 0 radical (unpaired) electrons. The highest BCUT2D eigenvalue weighted by Gasteiger charge is 2.13. The molecule has 2 rings (SSSR count). The van der Waals surface area contributed by atoms with Gasteiger partial charge < -0.3 is 10.6 Å². The van der Waals surface area contributed by atoms with E-state index in [0.717, 1.165) is 16.6 Å². The summed E-state index contributed by atoms with van der Waals surface area (Å²) in [6, 6.07) is 12.2. The molecule has 2 aromatic rings. The van der Waals surface area contributed by atoms with Crippen molar-refractivity contribution < 1.29 is 9.59 Å². The molecule has 0 fully saturated rings. The first-order valence-corrected chi connectivity index (χ1v) is 10.5. The third-order valence-electron chi connectivity index (χ3n) is 4.27. The van der Waals surface area contributed by atoms with E-state index in [2.05, 4.69) is 57.8 Å². The summed E-state index contributed by atoms with van der Waals surface area (Å²) in [4.78, 5) is 23.5. The van der Waals surface area contributed by atoms with E-state index in [1.165, 1.54) is 16.0 Å². The van der Waals surface area contributed by atoms with Crippen molar-refractivity contribution in [1.29, 1.82) is 0 Å². The quantitative estimate of drug-likeness (QED) is 0.636. The number of carbonyl (C=O) groups is 2. The number of hydrogen-bond donors (Lipinski definition) is 2. The lowest BCUT2D eigenvalue weighted by Gasteiger charge is -2.12. The Bertz CT molecular complexity index is 728. The number of benzene rings is 1. The zero-order chi connectivity index (χ0) is 20.4. The number of rotatable bonds is 8. The first-order valence-electron chi connectivity index (χ1n) is 8.92. The van der Waals surface area contributed by atoms with Crippen LogP contribution < -0.4 is 10.6 Å². The Kier molecular flexibility index (Phi) is 10.7. The van der Waals surface area contributed by atoms with Gasteiger partial charge in [-0.25, -0.2) is 0 Å². The second-order valence-electron chi connectivity index (χ2n) is 6.50. The van der Waals surface area contributed by atoms with E-state index in [9.17, 15) is 9.59 Å². The van der Waals surface area contributed by atoms with Crippen LogP contribution in [0.1, 0.15) is 29.9 Å². The Morgan fingerprint density at radius 3 is 1.85 bits per heavy atom. The van der Waals surface area contributed by atoms with Gasteiger partial charge in [-0.05, 0) is 74.9 Å². The molecule has 1 aromatic heterocycles. The highest BCUT2D eigenvalue weighted by Crippen LogP contribution is 2.23. The van der Waals surface area contributed by atoms with Gasteiger partial charge in [0.15, 0.2) is 0 Å². The largest absolute Gasteiger partial charge is 0.310 e. The van der Waals surface area contributed by atoms with Crippen LogP contribution in [0.15, 0.2) is 40.2 Å². The molecular formula is C21H29BrN2O2S. The first kappa shape index (κ1) is 23.7. The molecule has 4 nitrogen and oxygen atoms in total. The van der Waals surface area contributed by atoms with Crippen LogP contribution in [0.25, 0.3) is 0 Å². The third kappa shape index (κ3) is 8.93. The summed E-state index contributed by atoms with van der Waals surface area (Å²) in [6.07, 6.45) is 1.55. The number of Topliss-reactive ketones (excluding diaryl/α,β-unsaturated/α-hetero) is 2. The van der Waals surface area contributed by atoms with E-state index in [0.29, 0.717) is 0 Å². The van der Waals surface area contributed by atoms with Crippen LogP contribution in [0.2, 0.25) is 0 Å². The number of thiophene rings is 1. The normalized spacial score (nSPS) is 12.7. The molecule has 0 saturated heterocycles. The summed E-state index contributed by atoms with van der Waals surface area (Å²) in [5, 5.41) is 6.02. The fourth-order valence-corrected chi connectivity index (χ4v) is 4.05. The summed E-state index contributed by atoms with van der Waals surface area (Å²) in [6.45, 7) is 5.30.